The van der Waals surface area contributed by atoms with Gasteiger partial charge in [0.25, 0.3) is 0 Å². The summed E-state index contributed by atoms with van der Waals surface area (Å²) in [6.07, 6.45) is 0. The predicted octanol–water partition coefficient (Wildman–Crippen LogP) is 4.72. The Morgan fingerprint density at radius 3 is 2.13 bits per heavy atom. The Labute approximate surface area is 183 Å². The fourth-order valence-electron chi connectivity index (χ4n) is 3.78. The number of benzene rings is 3. The third kappa shape index (κ3) is 4.74. The van der Waals surface area contributed by atoms with Crippen LogP contribution in [0.2, 0.25) is 0 Å². The highest BCUT2D eigenvalue weighted by Gasteiger charge is 2.23. The fraction of sp³-hybridized carbons (Fsp3) is 0.240. The van der Waals surface area contributed by atoms with E-state index in [-0.39, 0.29) is 6.03 Å². The maximum atomic E-state index is 12.7. The zero-order valence-electron chi connectivity index (χ0n) is 17.9. The standard InChI is InChI=1S/C25H27N3O3/c1-30-22-12-13-23(24(18-22)31-2)27-14-16-28(17-15-27)25(29)26-21-10-8-20(9-11-21)19-6-4-3-5-7-19/h3-13,18H,14-17H2,1-2H3,(H,26,29). The largest absolute Gasteiger partial charge is 0.497 e. The second-order valence-corrected chi connectivity index (χ2v) is 7.39. The molecule has 0 atom stereocenters. The molecule has 4 rings (SSSR count). The van der Waals surface area contributed by atoms with Crippen molar-refractivity contribution < 1.29 is 14.3 Å². The summed E-state index contributed by atoms with van der Waals surface area (Å²) >= 11 is 0. The Morgan fingerprint density at radius 1 is 0.806 bits per heavy atom. The SMILES string of the molecule is COc1ccc(N2CCN(C(=O)Nc3ccc(-c4ccccc4)cc3)CC2)c(OC)c1. The van der Waals surface area contributed by atoms with Gasteiger partial charge in [-0.2, -0.15) is 0 Å². The van der Waals surface area contributed by atoms with Gasteiger partial charge in [-0.05, 0) is 35.4 Å². The lowest BCUT2D eigenvalue weighted by molar-refractivity contribution is 0.208. The number of nitrogens with zero attached hydrogens (tertiary/aromatic N) is 2. The number of hydrogen-bond acceptors (Lipinski definition) is 4. The van der Waals surface area contributed by atoms with E-state index in [0.29, 0.717) is 13.1 Å². The van der Waals surface area contributed by atoms with E-state index in [1.165, 1.54) is 0 Å². The molecular weight excluding hydrogens is 390 g/mol. The molecule has 6 heteroatoms. The molecule has 0 bridgehead atoms. The van der Waals surface area contributed by atoms with Gasteiger partial charge in [0.1, 0.15) is 11.5 Å². The molecule has 0 saturated carbocycles. The Morgan fingerprint density at radius 2 is 1.48 bits per heavy atom. The Balaban J connectivity index is 1.34. The molecule has 0 radical (unpaired) electrons. The third-order valence-corrected chi connectivity index (χ3v) is 5.54. The van der Waals surface area contributed by atoms with Gasteiger partial charge in [-0.1, -0.05) is 42.5 Å². The van der Waals surface area contributed by atoms with Crippen LogP contribution < -0.4 is 19.7 Å². The third-order valence-electron chi connectivity index (χ3n) is 5.54. The summed E-state index contributed by atoms with van der Waals surface area (Å²) in [5.74, 6) is 1.53. The van der Waals surface area contributed by atoms with Crippen molar-refractivity contribution in [3.8, 4) is 22.6 Å². The molecular formula is C25H27N3O3. The summed E-state index contributed by atoms with van der Waals surface area (Å²) in [6.45, 7) is 2.76. The number of carbonyl (C=O) groups excluding carboxylic acids is 1. The molecule has 6 nitrogen and oxygen atoms in total. The van der Waals surface area contributed by atoms with E-state index in [4.69, 9.17) is 9.47 Å². The highest BCUT2D eigenvalue weighted by atomic mass is 16.5. The van der Waals surface area contributed by atoms with E-state index < -0.39 is 0 Å². The summed E-state index contributed by atoms with van der Waals surface area (Å²) < 4.78 is 10.8. The van der Waals surface area contributed by atoms with Crippen molar-refractivity contribution in [1.82, 2.24) is 4.90 Å². The van der Waals surface area contributed by atoms with E-state index in [1.54, 1.807) is 14.2 Å². The molecule has 1 N–H and O–H groups in total. The van der Waals surface area contributed by atoms with Crippen LogP contribution in [-0.2, 0) is 0 Å². The van der Waals surface area contributed by atoms with Crippen LogP contribution in [0.15, 0.2) is 72.8 Å². The van der Waals surface area contributed by atoms with Gasteiger partial charge in [0.05, 0.1) is 19.9 Å². The number of methoxy groups -OCH3 is 2. The molecule has 1 fully saturated rings. The second-order valence-electron chi connectivity index (χ2n) is 7.39. The van der Waals surface area contributed by atoms with Crippen molar-refractivity contribution in [2.24, 2.45) is 0 Å². The fourth-order valence-corrected chi connectivity index (χ4v) is 3.78. The number of piperazine rings is 1. The zero-order valence-corrected chi connectivity index (χ0v) is 17.9. The number of nitrogens with one attached hydrogen (secondary N) is 1. The first-order valence-corrected chi connectivity index (χ1v) is 10.4. The molecule has 1 saturated heterocycles. The molecule has 0 aliphatic carbocycles. The monoisotopic (exact) mass is 417 g/mol. The molecule has 1 heterocycles. The minimum absolute atomic E-state index is 0.0752. The highest BCUT2D eigenvalue weighted by molar-refractivity contribution is 5.90. The number of ether oxygens (including phenoxy) is 2. The molecule has 3 aromatic rings. The topological polar surface area (TPSA) is 54.0 Å². The number of carbonyl (C=O) groups is 1. The van der Waals surface area contributed by atoms with Crippen molar-refractivity contribution in [2.75, 3.05) is 50.6 Å². The van der Waals surface area contributed by atoms with Crippen molar-refractivity contribution in [1.29, 1.82) is 0 Å². The number of hydrogen-bond donors (Lipinski definition) is 1. The Bertz CT molecular complexity index is 1010. The molecule has 2 amide bonds. The van der Waals surface area contributed by atoms with Crippen molar-refractivity contribution in [3.63, 3.8) is 0 Å². The van der Waals surface area contributed by atoms with E-state index in [9.17, 15) is 4.79 Å². The van der Waals surface area contributed by atoms with Gasteiger partial charge in [0.2, 0.25) is 0 Å². The first-order valence-electron chi connectivity index (χ1n) is 10.4. The average molecular weight is 418 g/mol. The maximum absolute atomic E-state index is 12.7. The van der Waals surface area contributed by atoms with Gasteiger partial charge >= 0.3 is 6.03 Å². The van der Waals surface area contributed by atoms with Crippen LogP contribution in [-0.4, -0.2) is 51.3 Å². The lowest BCUT2D eigenvalue weighted by Gasteiger charge is -2.36. The normalized spacial score (nSPS) is 13.6. The molecule has 1 aliphatic heterocycles. The van der Waals surface area contributed by atoms with E-state index in [1.807, 2.05) is 65.6 Å². The Kier molecular flexibility index (Phi) is 6.26. The number of urea groups is 1. The van der Waals surface area contributed by atoms with Crippen LogP contribution in [0.25, 0.3) is 11.1 Å². The van der Waals surface area contributed by atoms with Gasteiger partial charge in [-0.3, -0.25) is 0 Å². The maximum Gasteiger partial charge on any atom is 0.321 e. The van der Waals surface area contributed by atoms with Crippen LogP contribution in [0, 0.1) is 0 Å². The van der Waals surface area contributed by atoms with E-state index >= 15 is 0 Å². The summed E-state index contributed by atoms with van der Waals surface area (Å²) in [5.41, 5.74) is 4.09. The molecule has 0 spiro atoms. The number of rotatable bonds is 5. The molecule has 160 valence electrons. The van der Waals surface area contributed by atoms with E-state index in [2.05, 4.69) is 22.3 Å². The van der Waals surface area contributed by atoms with Crippen molar-refractivity contribution in [3.05, 3.63) is 72.8 Å². The summed E-state index contributed by atoms with van der Waals surface area (Å²) in [7, 11) is 3.30. The van der Waals surface area contributed by atoms with Gasteiger partial charge in [-0.25, -0.2) is 4.79 Å². The lowest BCUT2D eigenvalue weighted by atomic mass is 10.1. The van der Waals surface area contributed by atoms with Gasteiger partial charge in [0, 0.05) is 37.9 Å². The van der Waals surface area contributed by atoms with Gasteiger partial charge in [-0.15, -0.1) is 0 Å². The molecule has 31 heavy (non-hydrogen) atoms. The van der Waals surface area contributed by atoms with Crippen molar-refractivity contribution in [2.45, 2.75) is 0 Å². The second kappa shape index (κ2) is 9.43. The number of amides is 2. The minimum Gasteiger partial charge on any atom is -0.497 e. The van der Waals surface area contributed by atoms with Crippen LogP contribution in [0.1, 0.15) is 0 Å². The average Bonchev–Trinajstić information content (AvgIpc) is 2.84. The van der Waals surface area contributed by atoms with Crippen LogP contribution in [0.4, 0.5) is 16.2 Å². The Hall–Kier alpha value is -3.67. The molecule has 0 unspecified atom stereocenters. The predicted molar refractivity (Wildman–Crippen MR) is 124 cm³/mol. The lowest BCUT2D eigenvalue weighted by Crippen LogP contribution is -2.50. The van der Waals surface area contributed by atoms with Gasteiger partial charge in [0.15, 0.2) is 0 Å². The molecule has 0 aromatic heterocycles. The number of anilines is 2. The summed E-state index contributed by atoms with van der Waals surface area (Å²) in [5, 5.41) is 3.01. The van der Waals surface area contributed by atoms with Gasteiger partial charge < -0.3 is 24.6 Å². The van der Waals surface area contributed by atoms with Crippen molar-refractivity contribution >= 4 is 17.4 Å². The van der Waals surface area contributed by atoms with Crippen LogP contribution in [0.3, 0.4) is 0 Å². The summed E-state index contributed by atoms with van der Waals surface area (Å²) in [6, 6.07) is 23.9. The minimum atomic E-state index is -0.0752. The quantitative estimate of drug-likeness (QED) is 0.652. The van der Waals surface area contributed by atoms with Crippen LogP contribution in [0.5, 0.6) is 11.5 Å². The molecule has 3 aromatic carbocycles. The molecule has 1 aliphatic rings. The highest BCUT2D eigenvalue weighted by Crippen LogP contribution is 2.32. The first-order chi connectivity index (χ1) is 15.2. The van der Waals surface area contributed by atoms with E-state index in [0.717, 1.165) is 47.1 Å². The van der Waals surface area contributed by atoms with Crippen LogP contribution >= 0.6 is 0 Å². The smallest absolute Gasteiger partial charge is 0.321 e. The first kappa shape index (κ1) is 20.6. The zero-order chi connectivity index (χ0) is 21.6. The summed E-state index contributed by atoms with van der Waals surface area (Å²) in [4.78, 5) is 16.8.